The lowest BCUT2D eigenvalue weighted by Crippen LogP contribution is -2.42. The summed E-state index contributed by atoms with van der Waals surface area (Å²) in [5, 5.41) is 14.1. The zero-order chi connectivity index (χ0) is 19.8. The Balaban J connectivity index is 1.66. The van der Waals surface area contributed by atoms with Crippen molar-refractivity contribution in [2.45, 2.75) is 31.9 Å². The maximum absolute atomic E-state index is 13.2. The molecule has 4 rings (SSSR count). The Hall–Kier alpha value is -2.86. The van der Waals surface area contributed by atoms with Crippen LogP contribution in [0.3, 0.4) is 0 Å². The molecule has 2 heterocycles. The van der Waals surface area contributed by atoms with Crippen molar-refractivity contribution in [1.29, 1.82) is 0 Å². The van der Waals surface area contributed by atoms with Gasteiger partial charge in [0.25, 0.3) is 5.91 Å². The number of aliphatic hydroxyl groups is 1. The summed E-state index contributed by atoms with van der Waals surface area (Å²) in [6.45, 7) is 1.98. The van der Waals surface area contributed by atoms with Crippen molar-refractivity contribution >= 4 is 16.8 Å². The highest BCUT2D eigenvalue weighted by Gasteiger charge is 2.36. The standard InChI is InChI=1S/C22H25N3O3/c1-13-17-6-4-5-7-18(17)25(2)21(13)22(27)24-20(15-10-16(26)11-15)14-8-9-19(28-3)23-12-14/h4-9,12,15-16,20,26H,10-11H2,1-3H3,(H,24,27)/t15?,16?,20-/m1/s1. The van der Waals surface area contributed by atoms with Crippen LogP contribution < -0.4 is 10.1 Å². The third-order valence-corrected chi connectivity index (χ3v) is 5.81. The van der Waals surface area contributed by atoms with Crippen LogP contribution in [0.4, 0.5) is 0 Å². The topological polar surface area (TPSA) is 76.4 Å². The van der Waals surface area contributed by atoms with Gasteiger partial charge in [-0.1, -0.05) is 24.3 Å². The van der Waals surface area contributed by atoms with E-state index in [0.29, 0.717) is 24.4 Å². The van der Waals surface area contributed by atoms with Crippen LogP contribution in [0.15, 0.2) is 42.6 Å². The summed E-state index contributed by atoms with van der Waals surface area (Å²) in [7, 11) is 3.49. The lowest BCUT2D eigenvalue weighted by atomic mass is 9.75. The largest absolute Gasteiger partial charge is 0.481 e. The lowest BCUT2D eigenvalue weighted by Gasteiger charge is -2.38. The number of aromatic nitrogens is 2. The second-order valence-electron chi connectivity index (χ2n) is 7.52. The lowest BCUT2D eigenvalue weighted by molar-refractivity contribution is 0.0233. The molecule has 0 aliphatic heterocycles. The van der Waals surface area contributed by atoms with Gasteiger partial charge in [0.05, 0.1) is 19.3 Å². The van der Waals surface area contributed by atoms with Crippen LogP contribution in [-0.2, 0) is 7.05 Å². The number of nitrogens with zero attached hydrogens (tertiary/aromatic N) is 2. The van der Waals surface area contributed by atoms with E-state index in [1.807, 2.05) is 48.9 Å². The van der Waals surface area contributed by atoms with E-state index >= 15 is 0 Å². The van der Waals surface area contributed by atoms with Crippen LogP contribution in [0.2, 0.25) is 0 Å². The quantitative estimate of drug-likeness (QED) is 0.714. The number of fused-ring (bicyclic) bond motifs is 1. The summed E-state index contributed by atoms with van der Waals surface area (Å²) in [6, 6.07) is 11.5. The molecule has 1 aliphatic rings. The van der Waals surface area contributed by atoms with E-state index in [0.717, 1.165) is 22.0 Å². The number of amides is 1. The molecule has 2 N–H and O–H groups in total. The molecule has 1 atom stereocenters. The van der Waals surface area contributed by atoms with Gasteiger partial charge in [-0.2, -0.15) is 0 Å². The van der Waals surface area contributed by atoms with Crippen molar-refractivity contribution in [3.05, 3.63) is 59.4 Å². The van der Waals surface area contributed by atoms with Crippen LogP contribution in [0, 0.1) is 12.8 Å². The molecule has 1 fully saturated rings. The van der Waals surface area contributed by atoms with Gasteiger partial charge in [-0.3, -0.25) is 4.79 Å². The summed E-state index contributed by atoms with van der Waals surface area (Å²) in [6.07, 6.45) is 2.79. The molecule has 28 heavy (non-hydrogen) atoms. The second-order valence-corrected chi connectivity index (χ2v) is 7.52. The van der Waals surface area contributed by atoms with Gasteiger partial charge in [-0.25, -0.2) is 4.98 Å². The molecule has 0 spiro atoms. The number of methoxy groups -OCH3 is 1. The minimum atomic E-state index is -0.296. The molecule has 2 aromatic heterocycles. The van der Waals surface area contributed by atoms with Crippen LogP contribution >= 0.6 is 0 Å². The van der Waals surface area contributed by atoms with Gasteiger partial charge in [-0.15, -0.1) is 0 Å². The van der Waals surface area contributed by atoms with Crippen LogP contribution in [0.1, 0.15) is 40.5 Å². The molecular formula is C22H25N3O3. The number of aryl methyl sites for hydroxylation is 2. The number of hydrogen-bond donors (Lipinski definition) is 2. The summed E-state index contributed by atoms with van der Waals surface area (Å²) >= 11 is 0. The summed E-state index contributed by atoms with van der Waals surface area (Å²) < 4.78 is 7.08. The first-order valence-corrected chi connectivity index (χ1v) is 9.52. The molecule has 0 radical (unpaired) electrons. The van der Waals surface area contributed by atoms with E-state index in [9.17, 15) is 9.90 Å². The molecule has 6 nitrogen and oxygen atoms in total. The smallest absolute Gasteiger partial charge is 0.268 e. The van der Waals surface area contributed by atoms with E-state index in [-0.39, 0.29) is 24.0 Å². The van der Waals surface area contributed by atoms with Crippen LogP contribution in [0.25, 0.3) is 10.9 Å². The maximum atomic E-state index is 13.2. The Morgan fingerprint density at radius 1 is 1.29 bits per heavy atom. The third kappa shape index (κ3) is 3.14. The molecule has 1 saturated carbocycles. The fraction of sp³-hybridized carbons (Fsp3) is 0.364. The molecule has 1 aliphatic carbocycles. The minimum Gasteiger partial charge on any atom is -0.481 e. The zero-order valence-corrected chi connectivity index (χ0v) is 16.3. The number of carbonyl (C=O) groups is 1. The summed E-state index contributed by atoms with van der Waals surface area (Å²) in [4.78, 5) is 17.5. The van der Waals surface area contributed by atoms with Gasteiger partial charge in [0.1, 0.15) is 5.69 Å². The minimum absolute atomic E-state index is 0.113. The Morgan fingerprint density at radius 3 is 2.64 bits per heavy atom. The molecule has 1 aromatic carbocycles. The second kappa shape index (κ2) is 7.28. The normalized spacial score (nSPS) is 19.9. The van der Waals surface area contributed by atoms with Crippen molar-refractivity contribution < 1.29 is 14.6 Å². The summed E-state index contributed by atoms with van der Waals surface area (Å²) in [5.41, 5.74) is 3.58. The van der Waals surface area contributed by atoms with Crippen molar-refractivity contribution in [2.24, 2.45) is 13.0 Å². The molecular weight excluding hydrogens is 354 g/mol. The van der Waals surface area contributed by atoms with Crippen molar-refractivity contribution in [2.75, 3.05) is 7.11 Å². The monoisotopic (exact) mass is 379 g/mol. The number of aliphatic hydroxyl groups excluding tert-OH is 1. The number of rotatable bonds is 5. The Labute approximate surface area is 164 Å². The third-order valence-electron chi connectivity index (χ3n) is 5.81. The van der Waals surface area contributed by atoms with Gasteiger partial charge in [0.2, 0.25) is 5.88 Å². The first-order chi connectivity index (χ1) is 13.5. The highest BCUT2D eigenvalue weighted by atomic mass is 16.5. The van der Waals surface area contributed by atoms with E-state index in [1.165, 1.54) is 0 Å². The summed E-state index contributed by atoms with van der Waals surface area (Å²) in [5.74, 6) is 0.606. The van der Waals surface area contributed by atoms with E-state index < -0.39 is 0 Å². The first-order valence-electron chi connectivity index (χ1n) is 9.52. The predicted octanol–water partition coefficient (Wildman–Crippen LogP) is 3.13. The molecule has 6 heteroatoms. The number of carbonyl (C=O) groups excluding carboxylic acids is 1. The number of hydrogen-bond acceptors (Lipinski definition) is 4. The number of nitrogens with one attached hydrogen (secondary N) is 1. The highest BCUT2D eigenvalue weighted by molar-refractivity contribution is 6.01. The molecule has 0 saturated heterocycles. The SMILES string of the molecule is COc1ccc([C@@H](NC(=O)c2c(C)c3ccccc3n2C)C2CC(O)C2)cn1. The van der Waals surface area contributed by atoms with Gasteiger partial charge in [-0.05, 0) is 42.9 Å². The van der Waals surface area contributed by atoms with E-state index in [2.05, 4.69) is 10.3 Å². The van der Waals surface area contributed by atoms with Crippen LogP contribution in [-0.4, -0.2) is 33.8 Å². The molecule has 1 amide bonds. The molecule has 0 bridgehead atoms. The van der Waals surface area contributed by atoms with Crippen molar-refractivity contribution in [1.82, 2.24) is 14.9 Å². The predicted molar refractivity (Wildman–Crippen MR) is 107 cm³/mol. The zero-order valence-electron chi connectivity index (χ0n) is 16.3. The molecule has 146 valence electrons. The average molecular weight is 379 g/mol. The van der Waals surface area contributed by atoms with Gasteiger partial charge >= 0.3 is 0 Å². The fourth-order valence-electron chi connectivity index (χ4n) is 4.19. The number of benzene rings is 1. The van der Waals surface area contributed by atoms with Gasteiger partial charge < -0.3 is 19.7 Å². The van der Waals surface area contributed by atoms with Crippen molar-refractivity contribution in [3.63, 3.8) is 0 Å². The first kappa shape index (κ1) is 18.5. The van der Waals surface area contributed by atoms with Crippen molar-refractivity contribution in [3.8, 4) is 5.88 Å². The Kier molecular flexibility index (Phi) is 4.81. The molecule has 3 aromatic rings. The van der Waals surface area contributed by atoms with Gasteiger partial charge in [0.15, 0.2) is 0 Å². The van der Waals surface area contributed by atoms with Crippen LogP contribution in [0.5, 0.6) is 5.88 Å². The Bertz CT molecular complexity index is 965. The number of para-hydroxylation sites is 1. The fourth-order valence-corrected chi connectivity index (χ4v) is 4.19. The molecule has 0 unspecified atom stereocenters. The maximum Gasteiger partial charge on any atom is 0.268 e. The van der Waals surface area contributed by atoms with Gasteiger partial charge in [0, 0.05) is 30.2 Å². The number of pyridine rings is 1. The van der Waals surface area contributed by atoms with E-state index in [1.54, 1.807) is 19.4 Å². The van der Waals surface area contributed by atoms with E-state index in [4.69, 9.17) is 4.74 Å². The average Bonchev–Trinajstić information content (AvgIpc) is 2.95. The number of ether oxygens (including phenoxy) is 1. The highest BCUT2D eigenvalue weighted by Crippen LogP contribution is 2.38. The Morgan fingerprint density at radius 2 is 2.04 bits per heavy atom.